The highest BCUT2D eigenvalue weighted by molar-refractivity contribution is 14.0. The number of hydrogen-bond donors (Lipinski definition) is 2. The van der Waals surface area contributed by atoms with Gasteiger partial charge in [0.25, 0.3) is 0 Å². The lowest BCUT2D eigenvalue weighted by Crippen LogP contribution is -2.37. The third-order valence-corrected chi connectivity index (χ3v) is 4.33. The number of nitrogens with one attached hydrogen (secondary N) is 2. The van der Waals surface area contributed by atoms with Crippen molar-refractivity contribution in [3.05, 3.63) is 52.5 Å². The highest BCUT2D eigenvalue weighted by Crippen LogP contribution is 2.34. The number of methoxy groups -OCH3 is 3. The molecule has 0 aromatic heterocycles. The molecule has 0 bridgehead atoms. The number of aliphatic imine (C=N–C) groups is 1. The third kappa shape index (κ3) is 6.94. The zero-order chi connectivity index (χ0) is 19.6. The summed E-state index contributed by atoms with van der Waals surface area (Å²) in [5.41, 5.74) is 2.10. The quantitative estimate of drug-likeness (QED) is 0.315. The molecule has 8 heteroatoms. The summed E-state index contributed by atoms with van der Waals surface area (Å²) >= 11 is 5.91. The number of guanidine groups is 1. The van der Waals surface area contributed by atoms with Crippen LogP contribution in [0.5, 0.6) is 17.2 Å². The lowest BCUT2D eigenvalue weighted by Gasteiger charge is -2.16. The Hall–Kier alpha value is -1.87. The zero-order valence-corrected chi connectivity index (χ0v) is 19.6. The molecule has 2 N–H and O–H groups in total. The van der Waals surface area contributed by atoms with Gasteiger partial charge in [-0.1, -0.05) is 23.7 Å². The van der Waals surface area contributed by atoms with E-state index in [4.69, 9.17) is 25.8 Å². The predicted molar refractivity (Wildman–Crippen MR) is 125 cm³/mol. The Kier molecular flexibility index (Phi) is 10.8. The van der Waals surface area contributed by atoms with E-state index in [1.807, 2.05) is 36.4 Å². The minimum atomic E-state index is 0. The van der Waals surface area contributed by atoms with Gasteiger partial charge in [-0.2, -0.15) is 0 Å². The van der Waals surface area contributed by atoms with E-state index in [1.54, 1.807) is 28.4 Å². The molecule has 6 nitrogen and oxygen atoms in total. The van der Waals surface area contributed by atoms with Crippen molar-refractivity contribution in [2.75, 3.05) is 34.9 Å². The van der Waals surface area contributed by atoms with E-state index in [0.717, 1.165) is 33.6 Å². The number of benzene rings is 2. The molecule has 0 radical (unpaired) electrons. The average molecular weight is 520 g/mol. The van der Waals surface area contributed by atoms with E-state index < -0.39 is 0 Å². The fourth-order valence-corrected chi connectivity index (χ4v) is 2.76. The van der Waals surface area contributed by atoms with Crippen LogP contribution in [-0.2, 0) is 13.0 Å². The monoisotopic (exact) mass is 519 g/mol. The van der Waals surface area contributed by atoms with Crippen LogP contribution < -0.4 is 24.8 Å². The molecule has 0 heterocycles. The van der Waals surface area contributed by atoms with Gasteiger partial charge in [0.05, 0.1) is 21.3 Å². The maximum atomic E-state index is 5.91. The van der Waals surface area contributed by atoms with Crippen molar-refractivity contribution in [2.24, 2.45) is 4.99 Å². The van der Waals surface area contributed by atoms with Crippen LogP contribution in [-0.4, -0.2) is 40.9 Å². The Balaban J connectivity index is 0.00000392. The molecule has 28 heavy (non-hydrogen) atoms. The number of ether oxygens (including phenoxy) is 3. The second kappa shape index (κ2) is 12.6. The van der Waals surface area contributed by atoms with Gasteiger partial charge in [0.1, 0.15) is 17.2 Å². The normalized spacial score (nSPS) is 10.7. The zero-order valence-electron chi connectivity index (χ0n) is 16.5. The predicted octanol–water partition coefficient (Wildman–Crippen LogP) is 3.89. The lowest BCUT2D eigenvalue weighted by atomic mass is 10.1. The van der Waals surface area contributed by atoms with Gasteiger partial charge in [-0.3, -0.25) is 4.99 Å². The van der Waals surface area contributed by atoms with Gasteiger partial charge in [-0.15, -0.1) is 24.0 Å². The van der Waals surface area contributed by atoms with E-state index >= 15 is 0 Å². The Bertz CT molecular complexity index is 745. The van der Waals surface area contributed by atoms with Gasteiger partial charge in [0.2, 0.25) is 0 Å². The van der Waals surface area contributed by atoms with Gasteiger partial charge >= 0.3 is 0 Å². The molecule has 0 fully saturated rings. The molecule has 0 aliphatic heterocycles. The largest absolute Gasteiger partial charge is 0.496 e. The van der Waals surface area contributed by atoms with Gasteiger partial charge in [0.15, 0.2) is 5.96 Å². The molecule has 0 amide bonds. The summed E-state index contributed by atoms with van der Waals surface area (Å²) in [6, 6.07) is 11.4. The molecule has 154 valence electrons. The molecule has 0 aliphatic rings. The van der Waals surface area contributed by atoms with Gasteiger partial charge in [-0.25, -0.2) is 0 Å². The Morgan fingerprint density at radius 1 is 0.964 bits per heavy atom. The van der Waals surface area contributed by atoms with Crippen molar-refractivity contribution >= 4 is 41.5 Å². The molecular weight excluding hydrogens is 493 g/mol. The maximum Gasteiger partial charge on any atom is 0.191 e. The van der Waals surface area contributed by atoms with Crippen molar-refractivity contribution in [1.82, 2.24) is 10.6 Å². The summed E-state index contributed by atoms with van der Waals surface area (Å²) < 4.78 is 16.3. The Morgan fingerprint density at radius 2 is 1.57 bits per heavy atom. The Morgan fingerprint density at radius 3 is 2.07 bits per heavy atom. The summed E-state index contributed by atoms with van der Waals surface area (Å²) in [4.78, 5) is 4.25. The number of rotatable bonds is 8. The molecule has 0 saturated heterocycles. The van der Waals surface area contributed by atoms with Gasteiger partial charge in [0, 0.05) is 42.9 Å². The Labute approximate surface area is 188 Å². The number of nitrogens with zero attached hydrogens (tertiary/aromatic N) is 1. The smallest absolute Gasteiger partial charge is 0.191 e. The topological polar surface area (TPSA) is 64.1 Å². The second-order valence-electron chi connectivity index (χ2n) is 5.74. The van der Waals surface area contributed by atoms with Crippen LogP contribution in [0, 0.1) is 0 Å². The molecule has 0 saturated carbocycles. The summed E-state index contributed by atoms with van der Waals surface area (Å²) in [6.45, 7) is 1.32. The van der Waals surface area contributed by atoms with Gasteiger partial charge in [-0.05, 0) is 24.1 Å². The van der Waals surface area contributed by atoms with Crippen molar-refractivity contribution < 1.29 is 14.2 Å². The molecule has 0 unspecified atom stereocenters. The highest BCUT2D eigenvalue weighted by Gasteiger charge is 2.13. The fraction of sp³-hybridized carbons (Fsp3) is 0.350. The fourth-order valence-electron chi connectivity index (χ4n) is 2.64. The third-order valence-electron chi connectivity index (χ3n) is 4.08. The van der Waals surface area contributed by atoms with Gasteiger partial charge < -0.3 is 24.8 Å². The van der Waals surface area contributed by atoms with E-state index in [2.05, 4.69) is 15.6 Å². The van der Waals surface area contributed by atoms with Crippen LogP contribution >= 0.6 is 35.6 Å². The van der Waals surface area contributed by atoms with Crippen molar-refractivity contribution in [3.8, 4) is 17.2 Å². The first-order chi connectivity index (χ1) is 13.1. The molecule has 2 aromatic carbocycles. The molecule has 0 aliphatic carbocycles. The van der Waals surface area contributed by atoms with E-state index in [0.29, 0.717) is 25.3 Å². The first kappa shape index (κ1) is 24.2. The molecule has 2 aromatic rings. The van der Waals surface area contributed by atoms with Crippen molar-refractivity contribution in [1.29, 1.82) is 0 Å². The van der Waals surface area contributed by atoms with E-state index in [1.165, 1.54) is 0 Å². The van der Waals surface area contributed by atoms with Crippen molar-refractivity contribution in [2.45, 2.75) is 13.0 Å². The first-order valence-electron chi connectivity index (χ1n) is 8.59. The lowest BCUT2D eigenvalue weighted by molar-refractivity contribution is 0.368. The van der Waals surface area contributed by atoms with Crippen LogP contribution in [0.2, 0.25) is 5.02 Å². The van der Waals surface area contributed by atoms with Crippen LogP contribution in [0.25, 0.3) is 0 Å². The standard InChI is InChI=1S/C20H26ClN3O3.HI/c1-22-20(24-13-14-5-7-15(21)8-6-14)23-10-9-17-18(26-3)11-16(25-2)12-19(17)27-4;/h5-8,11-12H,9-10,13H2,1-4H3,(H2,22,23,24);1H. The summed E-state index contributed by atoms with van der Waals surface area (Å²) in [7, 11) is 6.63. The van der Waals surface area contributed by atoms with Crippen LogP contribution in [0.15, 0.2) is 41.4 Å². The van der Waals surface area contributed by atoms with E-state index in [-0.39, 0.29) is 24.0 Å². The molecular formula is C20H27ClIN3O3. The first-order valence-corrected chi connectivity index (χ1v) is 8.97. The van der Waals surface area contributed by atoms with Crippen molar-refractivity contribution in [3.63, 3.8) is 0 Å². The number of hydrogen-bond acceptors (Lipinski definition) is 4. The molecule has 2 rings (SSSR count). The summed E-state index contributed by atoms with van der Waals surface area (Å²) in [6.07, 6.45) is 0.706. The van der Waals surface area contributed by atoms with Crippen LogP contribution in [0.3, 0.4) is 0 Å². The second-order valence-corrected chi connectivity index (χ2v) is 6.18. The average Bonchev–Trinajstić information content (AvgIpc) is 2.71. The molecule has 0 atom stereocenters. The molecule has 0 spiro atoms. The maximum absolute atomic E-state index is 5.91. The van der Waals surface area contributed by atoms with Crippen LogP contribution in [0.1, 0.15) is 11.1 Å². The summed E-state index contributed by atoms with van der Waals surface area (Å²) in [5, 5.41) is 7.31. The summed E-state index contributed by atoms with van der Waals surface area (Å²) in [5.74, 6) is 2.88. The SMILES string of the molecule is CN=C(NCCc1c(OC)cc(OC)cc1OC)NCc1ccc(Cl)cc1.I. The minimum absolute atomic E-state index is 0. The van der Waals surface area contributed by atoms with E-state index in [9.17, 15) is 0 Å². The minimum Gasteiger partial charge on any atom is -0.496 e. The van der Waals surface area contributed by atoms with Crippen LogP contribution in [0.4, 0.5) is 0 Å². The highest BCUT2D eigenvalue weighted by atomic mass is 127. The number of halogens is 2.